The second-order valence-electron chi connectivity index (χ2n) is 6.50. The van der Waals surface area contributed by atoms with Crippen LogP contribution in [0.15, 0.2) is 45.3 Å². The number of aliphatic imine (C=N–C) groups is 1. The third-order valence-electron chi connectivity index (χ3n) is 4.69. The molecule has 0 aromatic carbocycles. The smallest absolute Gasteiger partial charge is 0.191 e. The van der Waals surface area contributed by atoms with E-state index in [9.17, 15) is 0 Å². The molecule has 5 nitrogen and oxygen atoms in total. The third-order valence-corrected chi connectivity index (χ3v) is 5.63. The molecule has 2 aromatic heterocycles. The van der Waals surface area contributed by atoms with Crippen LogP contribution in [-0.4, -0.2) is 37.5 Å². The van der Waals surface area contributed by atoms with Crippen LogP contribution in [0.2, 0.25) is 0 Å². The summed E-state index contributed by atoms with van der Waals surface area (Å²) in [7, 11) is 2.24. The van der Waals surface area contributed by atoms with Gasteiger partial charge in [-0.2, -0.15) is 0 Å². The summed E-state index contributed by atoms with van der Waals surface area (Å²) in [4.78, 5) is 8.60. The third kappa shape index (κ3) is 5.72. The molecule has 2 unspecified atom stereocenters. The van der Waals surface area contributed by atoms with Gasteiger partial charge in [0.1, 0.15) is 12.3 Å². The van der Waals surface area contributed by atoms with E-state index < -0.39 is 0 Å². The minimum absolute atomic E-state index is 0. The Morgan fingerprint density at radius 1 is 1.35 bits per heavy atom. The first-order valence-electron chi connectivity index (χ1n) is 9.06. The van der Waals surface area contributed by atoms with Crippen molar-refractivity contribution in [3.63, 3.8) is 0 Å². The summed E-state index contributed by atoms with van der Waals surface area (Å²) in [6.07, 6.45) is 4.19. The Labute approximate surface area is 177 Å². The van der Waals surface area contributed by atoms with Gasteiger partial charge in [0, 0.05) is 24.0 Å². The number of furan rings is 1. The molecule has 3 rings (SSSR count). The maximum absolute atomic E-state index is 5.37. The van der Waals surface area contributed by atoms with Crippen molar-refractivity contribution in [2.24, 2.45) is 10.9 Å². The first-order valence-corrected chi connectivity index (χ1v) is 9.94. The van der Waals surface area contributed by atoms with Crippen LogP contribution in [0.1, 0.15) is 36.4 Å². The SMILES string of the molecule is CCNC(=NCc1ccco1)NCC1CCCN(C)C1c1cccs1.I. The molecule has 7 heteroatoms. The fraction of sp³-hybridized carbons (Fsp3) is 0.526. The fourth-order valence-electron chi connectivity index (χ4n) is 3.51. The van der Waals surface area contributed by atoms with Crippen LogP contribution in [0.4, 0.5) is 0 Å². The lowest BCUT2D eigenvalue weighted by Gasteiger charge is -2.39. The molecular weight excluding hydrogens is 459 g/mol. The van der Waals surface area contributed by atoms with Crippen molar-refractivity contribution in [2.75, 3.05) is 26.7 Å². The maximum atomic E-state index is 5.37. The second kappa shape index (κ2) is 10.9. The molecule has 0 bridgehead atoms. The van der Waals surface area contributed by atoms with Crippen LogP contribution in [-0.2, 0) is 6.54 Å². The highest BCUT2D eigenvalue weighted by molar-refractivity contribution is 14.0. The number of halogens is 1. The molecule has 3 heterocycles. The number of nitrogens with one attached hydrogen (secondary N) is 2. The van der Waals surface area contributed by atoms with Crippen molar-refractivity contribution in [3.05, 3.63) is 46.5 Å². The molecule has 0 amide bonds. The first kappa shape index (κ1) is 21.2. The van der Waals surface area contributed by atoms with Crippen molar-refractivity contribution >= 4 is 41.3 Å². The minimum Gasteiger partial charge on any atom is -0.467 e. The standard InChI is InChI=1S/C19H28N4OS.HI/c1-3-20-19(22-14-16-8-5-11-24-16)21-13-15-7-4-10-23(2)18(15)17-9-6-12-25-17;/h5-6,8-9,11-12,15,18H,3-4,7,10,13-14H2,1-2H3,(H2,20,21,22);1H. The summed E-state index contributed by atoms with van der Waals surface area (Å²) < 4.78 is 5.37. The predicted molar refractivity (Wildman–Crippen MR) is 119 cm³/mol. The minimum atomic E-state index is 0. The van der Waals surface area contributed by atoms with Gasteiger partial charge in [-0.1, -0.05) is 6.07 Å². The Balaban J connectivity index is 0.00000243. The van der Waals surface area contributed by atoms with Gasteiger partial charge in [0.15, 0.2) is 5.96 Å². The van der Waals surface area contributed by atoms with Crippen molar-refractivity contribution in [2.45, 2.75) is 32.4 Å². The van der Waals surface area contributed by atoms with Gasteiger partial charge in [-0.3, -0.25) is 4.90 Å². The molecule has 2 N–H and O–H groups in total. The van der Waals surface area contributed by atoms with E-state index in [-0.39, 0.29) is 24.0 Å². The van der Waals surface area contributed by atoms with E-state index >= 15 is 0 Å². The zero-order chi connectivity index (χ0) is 17.5. The van der Waals surface area contributed by atoms with Crippen LogP contribution in [0.25, 0.3) is 0 Å². The Bertz CT molecular complexity index is 645. The van der Waals surface area contributed by atoms with Gasteiger partial charge < -0.3 is 15.1 Å². The summed E-state index contributed by atoms with van der Waals surface area (Å²) in [5.41, 5.74) is 0. The van der Waals surface area contributed by atoms with E-state index in [4.69, 9.17) is 4.42 Å². The number of hydrogen-bond acceptors (Lipinski definition) is 4. The van der Waals surface area contributed by atoms with Gasteiger partial charge in [0.05, 0.1) is 6.26 Å². The molecule has 1 aliphatic heterocycles. The largest absolute Gasteiger partial charge is 0.467 e. The van der Waals surface area contributed by atoms with Gasteiger partial charge in [0.25, 0.3) is 0 Å². The van der Waals surface area contributed by atoms with Gasteiger partial charge in [-0.05, 0) is 62.9 Å². The number of guanidine groups is 1. The highest BCUT2D eigenvalue weighted by Gasteiger charge is 2.31. The van der Waals surface area contributed by atoms with Crippen molar-refractivity contribution < 1.29 is 4.42 Å². The molecule has 1 aliphatic rings. The zero-order valence-corrected chi connectivity index (χ0v) is 18.6. The maximum Gasteiger partial charge on any atom is 0.191 e. The number of piperidine rings is 1. The van der Waals surface area contributed by atoms with Crippen molar-refractivity contribution in [1.29, 1.82) is 0 Å². The lowest BCUT2D eigenvalue weighted by Crippen LogP contribution is -2.44. The van der Waals surface area contributed by atoms with Crippen LogP contribution >= 0.6 is 35.3 Å². The normalized spacial score (nSPS) is 21.2. The monoisotopic (exact) mass is 488 g/mol. The summed E-state index contributed by atoms with van der Waals surface area (Å²) in [6, 6.07) is 8.77. The van der Waals surface area contributed by atoms with E-state index in [0.29, 0.717) is 18.5 Å². The molecule has 0 spiro atoms. The van der Waals surface area contributed by atoms with Crippen LogP contribution in [0, 0.1) is 5.92 Å². The molecule has 144 valence electrons. The van der Waals surface area contributed by atoms with Crippen molar-refractivity contribution in [3.8, 4) is 0 Å². The van der Waals surface area contributed by atoms with Crippen molar-refractivity contribution in [1.82, 2.24) is 15.5 Å². The predicted octanol–water partition coefficient (Wildman–Crippen LogP) is 4.10. The highest BCUT2D eigenvalue weighted by atomic mass is 127. The average molecular weight is 488 g/mol. The number of hydrogen-bond donors (Lipinski definition) is 2. The molecule has 2 atom stereocenters. The molecule has 0 radical (unpaired) electrons. The summed E-state index contributed by atoms with van der Waals surface area (Å²) in [5.74, 6) is 2.33. The van der Waals surface area contributed by atoms with Gasteiger partial charge in [-0.15, -0.1) is 35.3 Å². The van der Waals surface area contributed by atoms with Gasteiger partial charge in [-0.25, -0.2) is 4.99 Å². The lowest BCUT2D eigenvalue weighted by molar-refractivity contribution is 0.125. The molecule has 1 fully saturated rings. The molecule has 1 saturated heterocycles. The van der Waals surface area contributed by atoms with E-state index in [1.807, 2.05) is 23.5 Å². The first-order chi connectivity index (χ1) is 12.3. The van der Waals surface area contributed by atoms with Gasteiger partial charge in [0.2, 0.25) is 0 Å². The van der Waals surface area contributed by atoms with Crippen LogP contribution < -0.4 is 10.6 Å². The average Bonchev–Trinajstić information content (AvgIpc) is 3.31. The molecule has 0 aliphatic carbocycles. The highest BCUT2D eigenvalue weighted by Crippen LogP contribution is 2.36. The quantitative estimate of drug-likeness (QED) is 0.365. The Morgan fingerprint density at radius 2 is 2.23 bits per heavy atom. The number of rotatable bonds is 6. The summed E-state index contributed by atoms with van der Waals surface area (Å²) in [5, 5.41) is 9.05. The molecule has 0 saturated carbocycles. The fourth-order valence-corrected chi connectivity index (χ4v) is 4.49. The molecule has 26 heavy (non-hydrogen) atoms. The number of thiophene rings is 1. The summed E-state index contributed by atoms with van der Waals surface area (Å²) in [6.45, 7) is 5.60. The second-order valence-corrected chi connectivity index (χ2v) is 7.48. The van der Waals surface area contributed by atoms with Gasteiger partial charge >= 0.3 is 0 Å². The Hall–Kier alpha value is -1.06. The molecular formula is C19H29IN4OS. The van der Waals surface area contributed by atoms with E-state index in [1.165, 1.54) is 24.3 Å². The zero-order valence-electron chi connectivity index (χ0n) is 15.5. The van der Waals surface area contributed by atoms with E-state index in [1.54, 1.807) is 6.26 Å². The van der Waals surface area contributed by atoms with Crippen LogP contribution in [0.5, 0.6) is 0 Å². The topological polar surface area (TPSA) is 52.8 Å². The van der Waals surface area contributed by atoms with Crippen LogP contribution in [0.3, 0.4) is 0 Å². The van der Waals surface area contributed by atoms with E-state index in [0.717, 1.165) is 24.8 Å². The Morgan fingerprint density at radius 3 is 2.92 bits per heavy atom. The number of nitrogens with zero attached hydrogens (tertiary/aromatic N) is 2. The molecule has 2 aromatic rings. The summed E-state index contributed by atoms with van der Waals surface area (Å²) >= 11 is 1.86. The Kier molecular flexibility index (Phi) is 8.94. The number of likely N-dealkylation sites (tertiary alicyclic amines) is 1. The lowest BCUT2D eigenvalue weighted by atomic mass is 9.88. The van der Waals surface area contributed by atoms with E-state index in [2.05, 4.69) is 52.0 Å².